The Kier molecular flexibility index (Phi) is 4.00. The van der Waals surface area contributed by atoms with E-state index in [0.29, 0.717) is 43.3 Å². The molecule has 1 aromatic heterocycles. The molecule has 0 unspecified atom stereocenters. The van der Waals surface area contributed by atoms with Gasteiger partial charge in [-0.05, 0) is 20.9 Å². The minimum absolute atomic E-state index is 0.136. The summed E-state index contributed by atoms with van der Waals surface area (Å²) < 4.78 is 32.1. The smallest absolute Gasteiger partial charge is 0.247 e. The first-order valence-electron chi connectivity index (χ1n) is 6.26. The minimum Gasteiger partial charge on any atom is -0.465 e. The Bertz CT molecular complexity index is 557. The average molecular weight is 288 g/mol. The van der Waals surface area contributed by atoms with Gasteiger partial charge in [-0.2, -0.15) is 4.31 Å². The van der Waals surface area contributed by atoms with Crippen LogP contribution in [0.5, 0.6) is 0 Å². The summed E-state index contributed by atoms with van der Waals surface area (Å²) in [7, 11) is -1.62. The van der Waals surface area contributed by atoms with E-state index in [-0.39, 0.29) is 11.5 Å². The van der Waals surface area contributed by atoms with Gasteiger partial charge in [0, 0.05) is 31.7 Å². The van der Waals surface area contributed by atoms with E-state index in [4.69, 9.17) is 4.42 Å². The molecule has 0 amide bonds. The van der Waals surface area contributed by atoms with E-state index in [9.17, 15) is 13.5 Å². The Balaban J connectivity index is 2.40. The van der Waals surface area contributed by atoms with Gasteiger partial charge in [0.2, 0.25) is 10.0 Å². The molecule has 0 bridgehead atoms. The molecule has 1 fully saturated rings. The van der Waals surface area contributed by atoms with Crippen LogP contribution in [-0.4, -0.2) is 56.0 Å². The maximum atomic E-state index is 12.6. The van der Waals surface area contributed by atoms with Crippen molar-refractivity contribution in [3.05, 3.63) is 17.1 Å². The molecule has 1 aliphatic rings. The van der Waals surface area contributed by atoms with Crippen molar-refractivity contribution in [1.29, 1.82) is 0 Å². The molecule has 0 saturated carbocycles. The third kappa shape index (κ3) is 2.55. The average Bonchev–Trinajstić information content (AvgIpc) is 2.64. The van der Waals surface area contributed by atoms with Crippen molar-refractivity contribution in [2.75, 3.05) is 33.2 Å². The highest BCUT2D eigenvalue weighted by Gasteiger charge is 2.33. The third-order valence-electron chi connectivity index (χ3n) is 3.54. The predicted octanol–water partition coefficient (Wildman–Crippen LogP) is 0.325. The van der Waals surface area contributed by atoms with Crippen molar-refractivity contribution < 1.29 is 17.9 Å². The van der Waals surface area contributed by atoms with E-state index in [0.717, 1.165) is 0 Å². The lowest BCUT2D eigenvalue weighted by Crippen LogP contribution is -2.47. The topological polar surface area (TPSA) is 74.0 Å². The molecule has 0 aliphatic carbocycles. The van der Waals surface area contributed by atoms with E-state index < -0.39 is 10.0 Å². The van der Waals surface area contributed by atoms with Crippen LogP contribution in [-0.2, 0) is 16.6 Å². The Morgan fingerprint density at radius 1 is 1.16 bits per heavy atom. The molecule has 0 spiro atoms. The van der Waals surface area contributed by atoms with Crippen molar-refractivity contribution in [2.45, 2.75) is 25.3 Å². The molecule has 1 N–H and O–H groups in total. The maximum absolute atomic E-state index is 12.6. The molecule has 2 rings (SSSR count). The first-order chi connectivity index (χ1) is 8.87. The van der Waals surface area contributed by atoms with Crippen LogP contribution >= 0.6 is 0 Å². The largest absolute Gasteiger partial charge is 0.465 e. The van der Waals surface area contributed by atoms with E-state index in [1.54, 1.807) is 13.8 Å². The highest BCUT2D eigenvalue weighted by atomic mass is 32.2. The Morgan fingerprint density at radius 3 is 2.26 bits per heavy atom. The summed E-state index contributed by atoms with van der Waals surface area (Å²) in [6, 6.07) is 0. The zero-order valence-corrected chi connectivity index (χ0v) is 12.3. The Morgan fingerprint density at radius 2 is 1.74 bits per heavy atom. The summed E-state index contributed by atoms with van der Waals surface area (Å²) in [5.41, 5.74) is 0.372. The second-order valence-electron chi connectivity index (χ2n) is 4.89. The molecule has 108 valence electrons. The first kappa shape index (κ1) is 14.5. The summed E-state index contributed by atoms with van der Waals surface area (Å²) in [6.07, 6.45) is 0. The fraction of sp³-hybridized carbons (Fsp3) is 0.667. The number of aliphatic hydroxyl groups is 1. The van der Waals surface area contributed by atoms with Gasteiger partial charge in [0.05, 0.1) is 6.61 Å². The lowest BCUT2D eigenvalue weighted by atomic mass is 10.2. The number of furan rings is 1. The van der Waals surface area contributed by atoms with Crippen molar-refractivity contribution >= 4 is 10.0 Å². The lowest BCUT2D eigenvalue weighted by Gasteiger charge is -2.31. The second-order valence-corrected chi connectivity index (χ2v) is 6.76. The van der Waals surface area contributed by atoms with Gasteiger partial charge in [-0.15, -0.1) is 0 Å². The summed E-state index contributed by atoms with van der Waals surface area (Å²) in [6.45, 7) is 5.32. The molecular weight excluding hydrogens is 268 g/mol. The van der Waals surface area contributed by atoms with Crippen molar-refractivity contribution in [3.63, 3.8) is 0 Å². The van der Waals surface area contributed by atoms with Gasteiger partial charge in [-0.1, -0.05) is 0 Å². The highest BCUT2D eigenvalue weighted by molar-refractivity contribution is 7.89. The quantitative estimate of drug-likeness (QED) is 0.867. The van der Waals surface area contributed by atoms with Gasteiger partial charge >= 0.3 is 0 Å². The fourth-order valence-electron chi connectivity index (χ4n) is 2.39. The van der Waals surface area contributed by atoms with Crippen LogP contribution in [0.25, 0.3) is 0 Å². The van der Waals surface area contributed by atoms with Crippen LogP contribution < -0.4 is 0 Å². The SMILES string of the molecule is Cc1oc(C)c(S(=O)(=O)N2CCN(C)CC2)c1CO. The van der Waals surface area contributed by atoms with E-state index in [1.165, 1.54) is 4.31 Å². The van der Waals surface area contributed by atoms with Gasteiger partial charge in [0.15, 0.2) is 0 Å². The lowest BCUT2D eigenvalue weighted by molar-refractivity contribution is 0.222. The first-order valence-corrected chi connectivity index (χ1v) is 7.70. The van der Waals surface area contributed by atoms with Crippen LogP contribution in [0.2, 0.25) is 0 Å². The number of aryl methyl sites for hydroxylation is 2. The van der Waals surface area contributed by atoms with E-state index in [1.807, 2.05) is 7.05 Å². The molecule has 2 heterocycles. The second kappa shape index (κ2) is 5.24. The molecule has 1 aliphatic heterocycles. The summed E-state index contributed by atoms with van der Waals surface area (Å²) in [5.74, 6) is 0.813. The van der Waals surface area contributed by atoms with Crippen LogP contribution in [0.15, 0.2) is 9.31 Å². The highest BCUT2D eigenvalue weighted by Crippen LogP contribution is 2.29. The fourth-order valence-corrected chi connectivity index (χ4v) is 4.21. The Hall–Kier alpha value is -0.890. The standard InChI is InChI=1S/C12H20N2O4S/c1-9-11(8-15)12(10(2)18-9)19(16,17)14-6-4-13(3)5-7-14/h15H,4-8H2,1-3H3. The molecule has 0 radical (unpaired) electrons. The molecule has 1 saturated heterocycles. The summed E-state index contributed by atoms with van der Waals surface area (Å²) in [4.78, 5) is 2.23. The molecule has 6 nitrogen and oxygen atoms in total. The number of hydrogen-bond acceptors (Lipinski definition) is 5. The summed E-state index contributed by atoms with van der Waals surface area (Å²) >= 11 is 0. The molecular formula is C12H20N2O4S. The van der Waals surface area contributed by atoms with Crippen molar-refractivity contribution in [2.24, 2.45) is 0 Å². The number of hydrogen-bond donors (Lipinski definition) is 1. The Labute approximate surface area is 113 Å². The molecule has 19 heavy (non-hydrogen) atoms. The number of sulfonamides is 1. The van der Waals surface area contributed by atoms with E-state index in [2.05, 4.69) is 4.90 Å². The van der Waals surface area contributed by atoms with Crippen LogP contribution in [0.1, 0.15) is 17.1 Å². The van der Waals surface area contributed by atoms with Crippen LogP contribution in [0.4, 0.5) is 0 Å². The van der Waals surface area contributed by atoms with Gasteiger partial charge < -0.3 is 14.4 Å². The molecule has 0 aromatic carbocycles. The zero-order chi connectivity index (χ0) is 14.2. The van der Waals surface area contributed by atoms with Crippen LogP contribution in [0, 0.1) is 13.8 Å². The third-order valence-corrected chi connectivity index (χ3v) is 5.64. The maximum Gasteiger partial charge on any atom is 0.247 e. The van der Waals surface area contributed by atoms with Crippen molar-refractivity contribution in [3.8, 4) is 0 Å². The number of rotatable bonds is 3. The zero-order valence-electron chi connectivity index (χ0n) is 11.5. The number of aliphatic hydroxyl groups excluding tert-OH is 1. The van der Waals surface area contributed by atoms with Gasteiger partial charge in [-0.3, -0.25) is 0 Å². The summed E-state index contributed by atoms with van der Waals surface area (Å²) in [5, 5.41) is 9.37. The molecule has 1 aromatic rings. The normalized spacial score (nSPS) is 18.9. The van der Waals surface area contributed by atoms with Gasteiger partial charge in [-0.25, -0.2) is 8.42 Å². The minimum atomic E-state index is -3.59. The van der Waals surface area contributed by atoms with Crippen LogP contribution in [0.3, 0.4) is 0 Å². The molecule has 0 atom stereocenters. The monoisotopic (exact) mass is 288 g/mol. The molecule has 7 heteroatoms. The van der Waals surface area contributed by atoms with Gasteiger partial charge in [0.25, 0.3) is 0 Å². The number of piperazine rings is 1. The number of likely N-dealkylation sites (N-methyl/N-ethyl adjacent to an activating group) is 1. The van der Waals surface area contributed by atoms with Gasteiger partial charge in [0.1, 0.15) is 16.4 Å². The predicted molar refractivity (Wildman–Crippen MR) is 70.4 cm³/mol. The number of nitrogens with zero attached hydrogens (tertiary/aromatic N) is 2. The van der Waals surface area contributed by atoms with Crippen molar-refractivity contribution in [1.82, 2.24) is 9.21 Å². The van der Waals surface area contributed by atoms with E-state index >= 15 is 0 Å².